The molecule has 46 heavy (non-hydrogen) atoms. The average Bonchev–Trinajstić information content (AvgIpc) is 3.52. The lowest BCUT2D eigenvalue weighted by Gasteiger charge is -2.40. The number of nitrogens with one attached hydrogen (secondary N) is 3. The van der Waals surface area contributed by atoms with E-state index in [9.17, 15) is 18.8 Å². The number of carbonyl (C=O) groups is 3. The summed E-state index contributed by atoms with van der Waals surface area (Å²) >= 11 is 1.33. The molecule has 0 radical (unpaired) electrons. The Kier molecular flexibility index (Phi) is 10.2. The third-order valence-corrected chi connectivity index (χ3v) is 10.1. The maximum atomic E-state index is 13.8. The molecule has 0 saturated carbocycles. The molecule has 9 nitrogen and oxygen atoms in total. The first-order valence-corrected chi connectivity index (χ1v) is 16.9. The Balaban J connectivity index is 1.13. The van der Waals surface area contributed by atoms with Crippen molar-refractivity contribution in [3.63, 3.8) is 0 Å². The Morgan fingerprint density at radius 2 is 1.85 bits per heavy atom. The Morgan fingerprint density at radius 1 is 1.07 bits per heavy atom. The van der Waals surface area contributed by atoms with E-state index in [0.29, 0.717) is 69.2 Å². The number of hydrogen-bond donors (Lipinski definition) is 3. The second-order valence-corrected chi connectivity index (χ2v) is 13.4. The minimum atomic E-state index is -0.694. The molecule has 0 unspecified atom stereocenters. The summed E-state index contributed by atoms with van der Waals surface area (Å²) in [6, 6.07) is 15.1. The standard InChI is InChI=1S/C35H40FN5O4S/c36-27-11-9-25(10-12-27)30-23-46-34(39-30)40-31(42)22-41-17-13-28-26(21-41)8-4-5-14-35(15-18-45-19-16-35)33(44)38-29(32(43)37-28)20-24-6-2-1-3-7-24/h1-7,9-12,23,26,28-29H,8,13-22H2,(H,37,43)(H,38,44)(H,39,40,42)/b5-4+/t26-,28-,29+/m0/s1. The summed E-state index contributed by atoms with van der Waals surface area (Å²) in [5.74, 6) is -0.622. The van der Waals surface area contributed by atoms with Gasteiger partial charge in [-0.3, -0.25) is 19.3 Å². The molecule has 3 aromatic rings. The summed E-state index contributed by atoms with van der Waals surface area (Å²) in [5, 5.41) is 11.7. The quantitative estimate of drug-likeness (QED) is 0.339. The van der Waals surface area contributed by atoms with Crippen LogP contribution in [0.1, 0.15) is 37.7 Å². The molecular weight excluding hydrogens is 605 g/mol. The van der Waals surface area contributed by atoms with Gasteiger partial charge in [-0.25, -0.2) is 9.37 Å². The van der Waals surface area contributed by atoms with Crippen LogP contribution >= 0.6 is 11.3 Å². The van der Waals surface area contributed by atoms with Gasteiger partial charge in [-0.2, -0.15) is 0 Å². The van der Waals surface area contributed by atoms with Gasteiger partial charge in [-0.15, -0.1) is 11.3 Å². The fourth-order valence-electron chi connectivity index (χ4n) is 6.65. The molecular formula is C35H40FN5O4S. The normalized spacial score (nSPS) is 24.5. The van der Waals surface area contributed by atoms with Gasteiger partial charge in [0, 0.05) is 49.7 Å². The lowest BCUT2D eigenvalue weighted by atomic mass is 9.75. The van der Waals surface area contributed by atoms with E-state index >= 15 is 0 Å². The summed E-state index contributed by atoms with van der Waals surface area (Å²) in [7, 11) is 0. The third-order valence-electron chi connectivity index (χ3n) is 9.35. The van der Waals surface area contributed by atoms with Crippen LogP contribution in [-0.2, 0) is 25.5 Å². The number of nitrogens with zero attached hydrogens (tertiary/aromatic N) is 2. The summed E-state index contributed by atoms with van der Waals surface area (Å²) in [5.41, 5.74) is 1.84. The minimum Gasteiger partial charge on any atom is -0.381 e. The molecule has 3 N–H and O–H groups in total. The number of rotatable bonds is 6. The molecule has 2 saturated heterocycles. The highest BCUT2D eigenvalue weighted by molar-refractivity contribution is 7.14. The Labute approximate surface area is 272 Å². The number of piperidine rings is 1. The van der Waals surface area contributed by atoms with Gasteiger partial charge in [0.2, 0.25) is 17.7 Å². The van der Waals surface area contributed by atoms with Gasteiger partial charge in [0.25, 0.3) is 0 Å². The number of hydrogen-bond acceptors (Lipinski definition) is 7. The molecule has 3 aliphatic heterocycles. The number of allylic oxidation sites excluding steroid dienone is 2. The molecule has 0 aliphatic carbocycles. The van der Waals surface area contributed by atoms with E-state index in [1.807, 2.05) is 35.7 Å². The van der Waals surface area contributed by atoms with E-state index in [1.54, 1.807) is 12.1 Å². The van der Waals surface area contributed by atoms with Crippen LogP contribution < -0.4 is 16.0 Å². The number of amides is 3. The average molecular weight is 646 g/mol. The molecule has 6 rings (SSSR count). The van der Waals surface area contributed by atoms with E-state index in [4.69, 9.17) is 4.74 Å². The second-order valence-electron chi connectivity index (χ2n) is 12.5. The van der Waals surface area contributed by atoms with Crippen molar-refractivity contribution in [3.05, 3.63) is 83.5 Å². The lowest BCUT2D eigenvalue weighted by molar-refractivity contribution is -0.140. The summed E-state index contributed by atoms with van der Waals surface area (Å²) in [4.78, 5) is 47.2. The SMILES string of the molecule is O=C(CN1CC[C@@H]2NC(=O)[C@@H](Cc3ccccc3)NC(=O)C3(C/C=C/C[C@H]2C1)CCOCC3)Nc1nc(-c2ccc(F)cc2)cs1. The number of carbonyl (C=O) groups excluding carboxylic acids is 3. The van der Waals surface area contributed by atoms with Crippen molar-refractivity contribution >= 4 is 34.2 Å². The van der Waals surface area contributed by atoms with Gasteiger partial charge >= 0.3 is 0 Å². The highest BCUT2D eigenvalue weighted by atomic mass is 32.1. The Hall–Kier alpha value is -3.93. The zero-order valence-electron chi connectivity index (χ0n) is 25.8. The first-order chi connectivity index (χ1) is 22.4. The van der Waals surface area contributed by atoms with Crippen LogP contribution in [-0.4, -0.2) is 72.5 Å². The van der Waals surface area contributed by atoms with Crippen molar-refractivity contribution in [3.8, 4) is 11.3 Å². The largest absolute Gasteiger partial charge is 0.381 e. The first kappa shape index (κ1) is 32.0. The summed E-state index contributed by atoms with van der Waals surface area (Å²) in [6.45, 7) is 2.55. The van der Waals surface area contributed by atoms with Crippen LogP contribution in [0.5, 0.6) is 0 Å². The molecule has 2 aromatic carbocycles. The van der Waals surface area contributed by atoms with Crippen LogP contribution in [0, 0.1) is 17.2 Å². The van der Waals surface area contributed by atoms with Gasteiger partial charge in [-0.05, 0) is 67.9 Å². The van der Waals surface area contributed by atoms with E-state index < -0.39 is 11.5 Å². The van der Waals surface area contributed by atoms with Crippen LogP contribution in [0.2, 0.25) is 0 Å². The molecule has 3 amide bonds. The van der Waals surface area contributed by atoms with Crippen molar-refractivity contribution in [2.24, 2.45) is 11.3 Å². The van der Waals surface area contributed by atoms with Gasteiger partial charge in [0.15, 0.2) is 5.13 Å². The van der Waals surface area contributed by atoms with Crippen molar-refractivity contribution in [2.75, 3.05) is 38.2 Å². The van der Waals surface area contributed by atoms with Crippen molar-refractivity contribution in [1.29, 1.82) is 0 Å². The molecule has 3 aliphatic rings. The second kappa shape index (κ2) is 14.7. The lowest BCUT2D eigenvalue weighted by Crippen LogP contribution is -2.58. The minimum absolute atomic E-state index is 0.0830. The van der Waals surface area contributed by atoms with E-state index in [0.717, 1.165) is 17.5 Å². The van der Waals surface area contributed by atoms with Crippen molar-refractivity contribution in [2.45, 2.75) is 50.6 Å². The Bertz CT molecular complexity index is 1540. The van der Waals surface area contributed by atoms with Crippen molar-refractivity contribution < 1.29 is 23.5 Å². The maximum absolute atomic E-state index is 13.8. The number of fused-ring (bicyclic) bond motifs is 1. The fraction of sp³-hybridized carbons (Fsp3) is 0.429. The number of likely N-dealkylation sites (tertiary alicyclic amines) is 1. The zero-order chi connectivity index (χ0) is 31.9. The van der Waals surface area contributed by atoms with Crippen molar-refractivity contribution in [1.82, 2.24) is 20.5 Å². The van der Waals surface area contributed by atoms with Gasteiger partial charge in [0.05, 0.1) is 17.7 Å². The van der Waals surface area contributed by atoms with Gasteiger partial charge < -0.3 is 20.7 Å². The van der Waals surface area contributed by atoms with E-state index in [1.165, 1.54) is 23.5 Å². The number of ether oxygens (including phenoxy) is 1. The van der Waals surface area contributed by atoms with E-state index in [2.05, 4.69) is 38.0 Å². The number of aromatic nitrogens is 1. The fourth-order valence-corrected chi connectivity index (χ4v) is 7.38. The predicted octanol–water partition coefficient (Wildman–Crippen LogP) is 4.57. The molecule has 242 valence electrons. The van der Waals surface area contributed by atoms with E-state index in [-0.39, 0.29) is 42.0 Å². The highest BCUT2D eigenvalue weighted by Crippen LogP contribution is 2.36. The molecule has 4 heterocycles. The number of benzene rings is 2. The smallest absolute Gasteiger partial charge is 0.243 e. The monoisotopic (exact) mass is 645 g/mol. The third kappa shape index (κ3) is 7.89. The molecule has 2 fully saturated rings. The number of halogens is 1. The maximum Gasteiger partial charge on any atom is 0.243 e. The zero-order valence-corrected chi connectivity index (χ0v) is 26.6. The molecule has 1 spiro atoms. The molecule has 0 bridgehead atoms. The van der Waals surface area contributed by atoms with Crippen LogP contribution in [0.3, 0.4) is 0 Å². The topological polar surface area (TPSA) is 113 Å². The van der Waals surface area contributed by atoms with Gasteiger partial charge in [0.1, 0.15) is 11.9 Å². The molecule has 3 atom stereocenters. The molecule has 11 heteroatoms. The highest BCUT2D eigenvalue weighted by Gasteiger charge is 2.41. The summed E-state index contributed by atoms with van der Waals surface area (Å²) < 4.78 is 18.9. The first-order valence-electron chi connectivity index (χ1n) is 16.0. The van der Waals surface area contributed by atoms with Crippen LogP contribution in [0.4, 0.5) is 9.52 Å². The van der Waals surface area contributed by atoms with Gasteiger partial charge in [-0.1, -0.05) is 42.5 Å². The van der Waals surface area contributed by atoms with Crippen LogP contribution in [0.25, 0.3) is 11.3 Å². The predicted molar refractivity (Wildman–Crippen MR) is 176 cm³/mol. The Morgan fingerprint density at radius 3 is 2.63 bits per heavy atom. The molecule has 1 aromatic heterocycles. The van der Waals surface area contributed by atoms with Crippen LogP contribution in [0.15, 0.2) is 72.1 Å². The summed E-state index contributed by atoms with van der Waals surface area (Å²) in [6.07, 6.45) is 7.90. The number of thiazole rings is 1. The number of anilines is 1.